The Kier molecular flexibility index (Phi) is 6.83. The Morgan fingerprint density at radius 2 is 2.05 bits per heavy atom. The SMILES string of the molecule is Cc1nc(NC(C)c2cccc(C(F)F)c2F)c2c(C3CNCCO3)[nH]c(=O)c(-c3cc(C#N)n[nH]3)c2n1. The van der Waals surface area contributed by atoms with Gasteiger partial charge in [0, 0.05) is 24.7 Å². The van der Waals surface area contributed by atoms with E-state index in [1.165, 1.54) is 18.2 Å². The zero-order chi connectivity index (χ0) is 27.0. The van der Waals surface area contributed by atoms with Gasteiger partial charge in [-0.2, -0.15) is 10.4 Å². The minimum atomic E-state index is -2.97. The van der Waals surface area contributed by atoms with Crippen molar-refractivity contribution in [3.63, 3.8) is 0 Å². The molecule has 4 N–H and O–H groups in total. The van der Waals surface area contributed by atoms with Crippen LogP contribution in [0, 0.1) is 24.1 Å². The summed E-state index contributed by atoms with van der Waals surface area (Å²) in [6, 6.07) is 6.40. The maximum absolute atomic E-state index is 14.9. The van der Waals surface area contributed by atoms with Crippen LogP contribution in [0.2, 0.25) is 0 Å². The molecule has 1 aliphatic heterocycles. The molecule has 0 bridgehead atoms. The number of H-pyrrole nitrogens is 2. The van der Waals surface area contributed by atoms with Crippen LogP contribution in [0.1, 0.15) is 53.8 Å². The molecule has 0 radical (unpaired) electrons. The molecule has 196 valence electrons. The van der Waals surface area contributed by atoms with Crippen molar-refractivity contribution >= 4 is 16.7 Å². The molecule has 3 aromatic heterocycles. The van der Waals surface area contributed by atoms with E-state index in [9.17, 15) is 23.2 Å². The number of hydrogen-bond donors (Lipinski definition) is 4. The summed E-state index contributed by atoms with van der Waals surface area (Å²) in [5.74, 6) is -0.453. The summed E-state index contributed by atoms with van der Waals surface area (Å²) < 4.78 is 47.5. The highest BCUT2D eigenvalue weighted by Crippen LogP contribution is 2.35. The van der Waals surface area contributed by atoms with E-state index < -0.39 is 35.5 Å². The van der Waals surface area contributed by atoms with E-state index in [4.69, 9.17) is 4.74 Å². The van der Waals surface area contributed by atoms with Gasteiger partial charge in [-0.3, -0.25) is 9.89 Å². The Morgan fingerprint density at radius 3 is 2.74 bits per heavy atom. The van der Waals surface area contributed by atoms with Crippen molar-refractivity contribution in [1.29, 1.82) is 5.26 Å². The summed E-state index contributed by atoms with van der Waals surface area (Å²) in [6.07, 6.45) is -3.52. The summed E-state index contributed by atoms with van der Waals surface area (Å²) in [7, 11) is 0. The number of aromatic amines is 2. The van der Waals surface area contributed by atoms with Crippen LogP contribution < -0.4 is 16.2 Å². The standard InChI is InChI=1S/C25H23F3N8O2/c1-11(14-4-3-5-15(20(14)26)23(27)28)31-24-19-21(17-10-30-6-7-38-17)34-25(37)18(22(19)32-12(2)33-24)16-8-13(9-29)35-36-16/h3-5,8,11,17,23,30H,6-7,10H2,1-2H3,(H,34,37)(H,35,36)(H,31,32,33). The highest BCUT2D eigenvalue weighted by Gasteiger charge is 2.27. The zero-order valence-electron chi connectivity index (χ0n) is 20.4. The summed E-state index contributed by atoms with van der Waals surface area (Å²) in [6.45, 7) is 4.69. The third-order valence-corrected chi connectivity index (χ3v) is 6.33. The summed E-state index contributed by atoms with van der Waals surface area (Å²) in [5.41, 5.74) is 0.00440. The largest absolute Gasteiger partial charge is 0.369 e. The maximum atomic E-state index is 14.9. The number of pyridine rings is 1. The molecule has 1 aliphatic rings. The molecule has 0 aliphatic carbocycles. The molecule has 10 nitrogen and oxygen atoms in total. The Morgan fingerprint density at radius 1 is 1.26 bits per heavy atom. The monoisotopic (exact) mass is 524 g/mol. The Balaban J connectivity index is 1.72. The lowest BCUT2D eigenvalue weighted by molar-refractivity contribution is 0.0259. The highest BCUT2D eigenvalue weighted by atomic mass is 19.3. The molecule has 0 spiro atoms. The molecule has 13 heteroatoms. The van der Waals surface area contributed by atoms with Crippen molar-refractivity contribution in [2.45, 2.75) is 32.4 Å². The lowest BCUT2D eigenvalue weighted by Crippen LogP contribution is -2.35. The fourth-order valence-electron chi connectivity index (χ4n) is 4.57. The second-order valence-corrected chi connectivity index (χ2v) is 8.85. The minimum absolute atomic E-state index is 0.0289. The van der Waals surface area contributed by atoms with Crippen LogP contribution in [0.3, 0.4) is 0 Å². The molecule has 0 saturated carbocycles. The topological polar surface area (TPSA) is 144 Å². The minimum Gasteiger partial charge on any atom is -0.369 e. The van der Waals surface area contributed by atoms with E-state index in [0.29, 0.717) is 36.6 Å². The second-order valence-electron chi connectivity index (χ2n) is 8.85. The molecule has 5 rings (SSSR count). The molecule has 38 heavy (non-hydrogen) atoms. The van der Waals surface area contributed by atoms with Gasteiger partial charge >= 0.3 is 0 Å². The van der Waals surface area contributed by atoms with Gasteiger partial charge in [-0.1, -0.05) is 18.2 Å². The fourth-order valence-corrected chi connectivity index (χ4v) is 4.57. The zero-order valence-corrected chi connectivity index (χ0v) is 20.4. The first-order valence-electron chi connectivity index (χ1n) is 11.8. The van der Waals surface area contributed by atoms with Crippen molar-refractivity contribution < 1.29 is 17.9 Å². The van der Waals surface area contributed by atoms with Gasteiger partial charge in [0.25, 0.3) is 12.0 Å². The first kappa shape index (κ1) is 25.4. The van der Waals surface area contributed by atoms with Crippen molar-refractivity contribution in [3.05, 3.63) is 68.8 Å². The van der Waals surface area contributed by atoms with E-state index in [0.717, 1.165) is 6.07 Å². The number of nitriles is 1. The van der Waals surface area contributed by atoms with E-state index in [1.807, 2.05) is 6.07 Å². The number of rotatable bonds is 6. The van der Waals surface area contributed by atoms with Crippen molar-refractivity contribution in [3.8, 4) is 17.3 Å². The van der Waals surface area contributed by atoms with Crippen LogP contribution in [-0.4, -0.2) is 44.8 Å². The molecule has 1 fully saturated rings. The first-order chi connectivity index (χ1) is 18.3. The molecule has 2 unspecified atom stereocenters. The molecular formula is C25H23F3N8O2. The normalized spacial score (nSPS) is 16.5. The number of nitrogens with zero attached hydrogens (tertiary/aromatic N) is 4. The molecule has 1 aromatic carbocycles. The number of aryl methyl sites for hydroxylation is 1. The smallest absolute Gasteiger partial charge is 0.266 e. The predicted octanol–water partition coefficient (Wildman–Crippen LogP) is 3.80. The fraction of sp³-hybridized carbons (Fsp3) is 0.320. The van der Waals surface area contributed by atoms with Gasteiger partial charge in [0.1, 0.15) is 29.6 Å². The third kappa shape index (κ3) is 4.59. The van der Waals surface area contributed by atoms with E-state index in [1.54, 1.807) is 13.8 Å². The van der Waals surface area contributed by atoms with Gasteiger partial charge < -0.3 is 20.4 Å². The summed E-state index contributed by atoms with van der Waals surface area (Å²) in [4.78, 5) is 25.3. The van der Waals surface area contributed by atoms with Crippen molar-refractivity contribution in [2.75, 3.05) is 25.0 Å². The Hall–Kier alpha value is -4.28. The van der Waals surface area contributed by atoms with Crippen LogP contribution in [0.25, 0.3) is 22.2 Å². The summed E-state index contributed by atoms with van der Waals surface area (Å²) >= 11 is 0. The van der Waals surface area contributed by atoms with E-state index in [-0.39, 0.29) is 33.8 Å². The van der Waals surface area contributed by atoms with E-state index >= 15 is 0 Å². The van der Waals surface area contributed by atoms with Crippen molar-refractivity contribution in [2.24, 2.45) is 0 Å². The maximum Gasteiger partial charge on any atom is 0.266 e. The number of anilines is 1. The van der Waals surface area contributed by atoms with Gasteiger partial charge in [-0.25, -0.2) is 23.1 Å². The van der Waals surface area contributed by atoms with E-state index in [2.05, 4.69) is 35.8 Å². The van der Waals surface area contributed by atoms with Crippen LogP contribution in [0.4, 0.5) is 19.0 Å². The average molecular weight is 525 g/mol. The number of aromatic nitrogens is 5. The third-order valence-electron chi connectivity index (χ3n) is 6.33. The molecule has 0 amide bonds. The lowest BCUT2D eigenvalue weighted by Gasteiger charge is -2.26. The quantitative estimate of drug-likeness (QED) is 0.298. The molecule has 2 atom stereocenters. The van der Waals surface area contributed by atoms with Gasteiger partial charge in [0.15, 0.2) is 5.69 Å². The van der Waals surface area contributed by atoms with Crippen LogP contribution >= 0.6 is 0 Å². The number of benzene rings is 1. The van der Waals surface area contributed by atoms with Gasteiger partial charge in [-0.05, 0) is 13.8 Å². The summed E-state index contributed by atoms with van der Waals surface area (Å²) in [5, 5.41) is 22.6. The van der Waals surface area contributed by atoms with Gasteiger partial charge in [0.05, 0.1) is 46.1 Å². The Bertz CT molecular complexity index is 1600. The molecule has 4 heterocycles. The molecular weight excluding hydrogens is 501 g/mol. The van der Waals surface area contributed by atoms with Crippen molar-refractivity contribution in [1.82, 2.24) is 30.5 Å². The highest BCUT2D eigenvalue weighted by molar-refractivity contribution is 6.00. The lowest BCUT2D eigenvalue weighted by atomic mass is 10.0. The van der Waals surface area contributed by atoms with Gasteiger partial charge in [0.2, 0.25) is 0 Å². The van der Waals surface area contributed by atoms with Crippen LogP contribution in [0.5, 0.6) is 0 Å². The number of morpholine rings is 1. The number of alkyl halides is 2. The van der Waals surface area contributed by atoms with Gasteiger partial charge in [-0.15, -0.1) is 0 Å². The molecule has 1 saturated heterocycles. The number of hydrogen-bond acceptors (Lipinski definition) is 8. The number of nitrogens with one attached hydrogen (secondary N) is 4. The number of halogens is 3. The number of fused-ring (bicyclic) bond motifs is 1. The molecule has 4 aromatic rings. The number of ether oxygens (including phenoxy) is 1. The second kappa shape index (κ2) is 10.2. The average Bonchev–Trinajstić information content (AvgIpc) is 3.37. The first-order valence-corrected chi connectivity index (χ1v) is 11.8. The van der Waals surface area contributed by atoms with Crippen LogP contribution in [-0.2, 0) is 4.74 Å². The predicted molar refractivity (Wildman–Crippen MR) is 132 cm³/mol. The van der Waals surface area contributed by atoms with Crippen LogP contribution in [0.15, 0.2) is 29.1 Å². The Labute approximate surface area is 214 Å².